The monoisotopic (exact) mass is 642 g/mol. The Kier molecular flexibility index (Phi) is 12.1. The molecule has 0 saturated carbocycles. The van der Waals surface area contributed by atoms with Crippen molar-refractivity contribution < 1.29 is 78.5 Å². The number of quaternary nitrogens is 1. The van der Waals surface area contributed by atoms with E-state index in [1.165, 1.54) is 32.4 Å². The number of hydrogen-bond acceptors (Lipinski definition) is 7. The van der Waals surface area contributed by atoms with E-state index in [0.29, 0.717) is 10.2 Å². The van der Waals surface area contributed by atoms with Gasteiger partial charge < -0.3 is 21.9 Å². The molecule has 1 heterocycles. The van der Waals surface area contributed by atoms with Gasteiger partial charge in [0, 0.05) is 34.2 Å². The van der Waals surface area contributed by atoms with Crippen LogP contribution in [0, 0.1) is 0 Å². The third kappa shape index (κ3) is 7.69. The van der Waals surface area contributed by atoms with Crippen molar-refractivity contribution in [3.8, 4) is 0 Å². The summed E-state index contributed by atoms with van der Waals surface area (Å²) in [6.45, 7) is 7.07. The van der Waals surface area contributed by atoms with Crippen molar-refractivity contribution >= 4 is 28.9 Å². The number of alkyl halides is 10. The van der Waals surface area contributed by atoms with Gasteiger partial charge in [0.05, 0.1) is 19.1 Å². The molecule has 0 aliphatic carbocycles. The van der Waals surface area contributed by atoms with Gasteiger partial charge in [0.25, 0.3) is 0 Å². The predicted octanol–water partition coefficient (Wildman–Crippen LogP) is 4.14. The average molecular weight is 643 g/mol. The van der Waals surface area contributed by atoms with Gasteiger partial charge in [-0.05, 0) is 13.3 Å². The maximum Gasteiger partial charge on any atom is 0.558 e. The first kappa shape index (κ1) is 37.2. The van der Waals surface area contributed by atoms with Gasteiger partial charge in [-0.2, -0.15) is 43.9 Å². The van der Waals surface area contributed by atoms with Crippen LogP contribution >= 0.6 is 0 Å². The topological polar surface area (TPSA) is 110 Å². The second kappa shape index (κ2) is 12.4. The minimum Gasteiger partial charge on any atom is -0.425 e. The minimum atomic E-state index is -7.62. The van der Waals surface area contributed by atoms with Crippen molar-refractivity contribution in [1.82, 2.24) is 0 Å². The molecule has 1 unspecified atom stereocenters. The highest BCUT2D eigenvalue weighted by molar-refractivity contribution is 8.13. The SMILES string of the molecule is CCC(C)[N+]1(C[Si](OC)(OC)OC)CCCC1.O=S(=O)([N-]S(=O)(=O)C(F)(F)C(F)(F)F)C(F)(F)C(F)(F)F. The van der Waals surface area contributed by atoms with Crippen LogP contribution < -0.4 is 0 Å². The summed E-state index contributed by atoms with van der Waals surface area (Å²) < 4.78 is 179. The normalized spacial score (nSPS) is 18.6. The van der Waals surface area contributed by atoms with Gasteiger partial charge in [-0.15, -0.1) is 0 Å². The summed E-state index contributed by atoms with van der Waals surface area (Å²) in [5.41, 5.74) is 0. The molecular formula is C16H28F10N2O7S2Si. The number of likely N-dealkylation sites (tertiary alicyclic amines) is 1. The van der Waals surface area contributed by atoms with Crippen LogP contribution in [0.15, 0.2) is 0 Å². The Hall–Kier alpha value is -0.783. The maximum atomic E-state index is 12.3. The Balaban J connectivity index is 0.000000735. The first-order valence-electron chi connectivity index (χ1n) is 10.4. The van der Waals surface area contributed by atoms with E-state index in [9.17, 15) is 60.7 Å². The Morgan fingerprint density at radius 2 is 1.08 bits per heavy atom. The zero-order chi connectivity index (χ0) is 30.6. The molecule has 1 saturated heterocycles. The van der Waals surface area contributed by atoms with E-state index in [2.05, 4.69) is 13.8 Å². The van der Waals surface area contributed by atoms with Crippen molar-refractivity contribution in [2.45, 2.75) is 62.0 Å². The third-order valence-corrected chi connectivity index (χ3v) is 12.1. The Bertz CT molecular complexity index is 919. The zero-order valence-electron chi connectivity index (χ0n) is 20.7. The molecular weight excluding hydrogens is 614 g/mol. The summed E-state index contributed by atoms with van der Waals surface area (Å²) in [6, 6.07) is 0.657. The van der Waals surface area contributed by atoms with E-state index in [0.717, 1.165) is 10.7 Å². The molecule has 1 atom stereocenters. The third-order valence-electron chi connectivity index (χ3n) is 5.93. The molecule has 0 aromatic rings. The summed E-state index contributed by atoms with van der Waals surface area (Å²) in [7, 11) is -12.6. The van der Waals surface area contributed by atoms with Crippen molar-refractivity contribution in [2.75, 3.05) is 40.6 Å². The van der Waals surface area contributed by atoms with Crippen LogP contribution in [0.25, 0.3) is 4.13 Å². The van der Waals surface area contributed by atoms with E-state index in [1.54, 1.807) is 21.3 Å². The molecule has 0 bridgehead atoms. The average Bonchev–Trinajstić information content (AvgIpc) is 3.24. The van der Waals surface area contributed by atoms with Gasteiger partial charge in [-0.25, -0.2) is 16.8 Å². The molecule has 22 heteroatoms. The van der Waals surface area contributed by atoms with Crippen LogP contribution in [0.2, 0.25) is 0 Å². The maximum absolute atomic E-state index is 12.3. The lowest BCUT2D eigenvalue weighted by atomic mass is 10.2. The van der Waals surface area contributed by atoms with Gasteiger partial charge in [0.2, 0.25) is 0 Å². The van der Waals surface area contributed by atoms with Crippen LogP contribution in [-0.2, 0) is 33.3 Å². The van der Waals surface area contributed by atoms with Crippen LogP contribution in [-0.4, -0.2) is 99.6 Å². The highest BCUT2D eigenvalue weighted by Gasteiger charge is 2.68. The molecule has 1 fully saturated rings. The van der Waals surface area contributed by atoms with E-state index in [1.807, 2.05) is 0 Å². The summed E-state index contributed by atoms with van der Waals surface area (Å²) in [4.78, 5) is 0. The molecule has 9 nitrogen and oxygen atoms in total. The van der Waals surface area contributed by atoms with Crippen LogP contribution in [0.1, 0.15) is 33.1 Å². The van der Waals surface area contributed by atoms with Gasteiger partial charge in [0.1, 0.15) is 6.17 Å². The highest BCUT2D eigenvalue weighted by atomic mass is 32.3. The van der Waals surface area contributed by atoms with E-state index in [-0.39, 0.29) is 0 Å². The lowest BCUT2D eigenvalue weighted by Gasteiger charge is -2.43. The quantitative estimate of drug-likeness (QED) is 0.189. The Labute approximate surface area is 214 Å². The number of nitrogens with zero attached hydrogens (tertiary/aromatic N) is 2. The van der Waals surface area contributed by atoms with Crippen LogP contribution in [0.3, 0.4) is 0 Å². The Morgan fingerprint density at radius 3 is 1.32 bits per heavy atom. The fraction of sp³-hybridized carbons (Fsp3) is 1.00. The zero-order valence-corrected chi connectivity index (χ0v) is 23.3. The van der Waals surface area contributed by atoms with Crippen LogP contribution in [0.5, 0.6) is 0 Å². The first-order valence-corrected chi connectivity index (χ1v) is 15.2. The number of sulfonamides is 2. The highest BCUT2D eigenvalue weighted by Crippen LogP contribution is 2.47. The Morgan fingerprint density at radius 1 is 0.763 bits per heavy atom. The fourth-order valence-corrected chi connectivity index (χ4v) is 8.11. The van der Waals surface area contributed by atoms with Crippen molar-refractivity contribution in [3.63, 3.8) is 0 Å². The molecule has 230 valence electrons. The molecule has 0 aromatic heterocycles. The summed E-state index contributed by atoms with van der Waals surface area (Å²) in [5.74, 6) is 0. The molecule has 0 N–H and O–H groups in total. The second-order valence-corrected chi connectivity index (χ2v) is 14.6. The molecule has 0 amide bonds. The first-order chi connectivity index (χ1) is 16.8. The van der Waals surface area contributed by atoms with Crippen molar-refractivity contribution in [2.24, 2.45) is 0 Å². The lowest BCUT2D eigenvalue weighted by Crippen LogP contribution is -2.64. The standard InChI is InChI=1S/C12H28NO3Si.C4F10NO4S2/c1-6-12(2)13(9-7-8-10-13)11-17(14-3,15-4)16-5;5-1(6,7)3(11,12)20(16,17)15-21(18,19)4(13,14)2(8,9)10/h12H,6-11H2,1-5H3;/q+1;-1. The fourth-order valence-electron chi connectivity index (χ4n) is 3.45. The molecule has 0 radical (unpaired) electrons. The number of rotatable bonds is 11. The van der Waals surface area contributed by atoms with Crippen LogP contribution in [0.4, 0.5) is 43.9 Å². The molecule has 1 aliphatic rings. The molecule has 1 aliphatic heterocycles. The van der Waals surface area contributed by atoms with E-state index < -0.39 is 51.7 Å². The largest absolute Gasteiger partial charge is 0.558 e. The van der Waals surface area contributed by atoms with E-state index in [4.69, 9.17) is 13.3 Å². The lowest BCUT2D eigenvalue weighted by molar-refractivity contribution is -0.931. The van der Waals surface area contributed by atoms with Gasteiger partial charge in [-0.1, -0.05) is 6.92 Å². The van der Waals surface area contributed by atoms with Crippen molar-refractivity contribution in [1.29, 1.82) is 0 Å². The smallest absolute Gasteiger partial charge is 0.425 e. The second-order valence-electron chi connectivity index (χ2n) is 8.14. The molecule has 1 rings (SSSR count). The molecule has 0 aromatic carbocycles. The summed E-state index contributed by atoms with van der Waals surface area (Å²) in [5, 5.41) is -14.0. The number of hydrogen-bond donors (Lipinski definition) is 0. The molecule has 38 heavy (non-hydrogen) atoms. The van der Waals surface area contributed by atoms with E-state index >= 15 is 0 Å². The van der Waals surface area contributed by atoms with Crippen molar-refractivity contribution in [3.05, 3.63) is 4.13 Å². The van der Waals surface area contributed by atoms with Gasteiger partial charge in [-0.3, -0.25) is 0 Å². The summed E-state index contributed by atoms with van der Waals surface area (Å²) >= 11 is 0. The minimum absolute atomic E-state index is 0.422. The van der Waals surface area contributed by atoms with Gasteiger partial charge >= 0.3 is 31.7 Å². The summed E-state index contributed by atoms with van der Waals surface area (Å²) in [6.07, 6.45) is -9.28. The number of halogens is 10. The molecule has 0 spiro atoms. The predicted molar refractivity (Wildman–Crippen MR) is 114 cm³/mol. The van der Waals surface area contributed by atoms with Gasteiger partial charge in [0.15, 0.2) is 20.0 Å².